The van der Waals surface area contributed by atoms with Gasteiger partial charge in [0.15, 0.2) is 6.10 Å². The number of hydrogen-bond donors (Lipinski definition) is 2. The van der Waals surface area contributed by atoms with Crippen molar-refractivity contribution in [2.45, 2.75) is 25.7 Å². The quantitative estimate of drug-likeness (QED) is 0.835. The lowest BCUT2D eigenvalue weighted by Crippen LogP contribution is -2.34. The summed E-state index contributed by atoms with van der Waals surface area (Å²) in [6.45, 7) is 2.65. The van der Waals surface area contributed by atoms with Crippen LogP contribution in [0.2, 0.25) is 0 Å². The van der Waals surface area contributed by atoms with Crippen LogP contribution in [0.1, 0.15) is 12.5 Å². The predicted octanol–water partition coefficient (Wildman–Crippen LogP) is 2.86. The zero-order valence-corrected chi connectivity index (χ0v) is 11.9. The van der Waals surface area contributed by atoms with Crippen LogP contribution < -0.4 is 10.1 Å². The largest absolute Gasteiger partial charge is 0.489 e. The normalized spacial score (nSPS) is 13.4. The Bertz CT molecular complexity index is 412. The molecule has 0 aliphatic rings. The molecule has 0 aliphatic carbocycles. The Hall–Kier alpha value is -0.790. The second kappa shape index (κ2) is 7.12. The third-order valence-corrected chi connectivity index (χ3v) is 2.97. The van der Waals surface area contributed by atoms with Crippen LogP contribution in [0.4, 0.5) is 13.2 Å². The molecule has 0 fully saturated rings. The molecule has 1 aromatic rings. The minimum absolute atomic E-state index is 0.267. The Labute approximate surface area is 117 Å². The predicted molar refractivity (Wildman–Crippen MR) is 69.1 cm³/mol. The maximum atomic E-state index is 12.1. The van der Waals surface area contributed by atoms with Crippen molar-refractivity contribution in [1.29, 1.82) is 0 Å². The summed E-state index contributed by atoms with van der Waals surface area (Å²) in [5.41, 5.74) is 0.984. The molecule has 7 heteroatoms. The maximum absolute atomic E-state index is 12.1. The second-order valence-electron chi connectivity index (χ2n) is 3.91. The summed E-state index contributed by atoms with van der Waals surface area (Å²) in [5, 5.41) is 12.0. The molecule has 1 aromatic carbocycles. The molecule has 0 saturated heterocycles. The van der Waals surface area contributed by atoms with Crippen LogP contribution in [0.3, 0.4) is 0 Å². The van der Waals surface area contributed by atoms with Crippen molar-refractivity contribution >= 4 is 15.9 Å². The highest BCUT2D eigenvalue weighted by Crippen LogP contribution is 2.27. The average molecular weight is 342 g/mol. The molecule has 1 unspecified atom stereocenters. The van der Waals surface area contributed by atoms with Gasteiger partial charge in [-0.25, -0.2) is 0 Å². The Morgan fingerprint density at radius 1 is 1.42 bits per heavy atom. The van der Waals surface area contributed by atoms with Crippen molar-refractivity contribution in [1.82, 2.24) is 5.32 Å². The Kier molecular flexibility index (Phi) is 6.09. The van der Waals surface area contributed by atoms with Crippen LogP contribution >= 0.6 is 15.9 Å². The third-order valence-electron chi connectivity index (χ3n) is 2.35. The van der Waals surface area contributed by atoms with E-state index in [2.05, 4.69) is 21.2 Å². The van der Waals surface area contributed by atoms with Crippen molar-refractivity contribution in [2.75, 3.05) is 13.2 Å². The van der Waals surface area contributed by atoms with E-state index in [0.717, 1.165) is 12.1 Å². The Morgan fingerprint density at radius 3 is 2.63 bits per heavy atom. The van der Waals surface area contributed by atoms with E-state index in [0.29, 0.717) is 11.0 Å². The van der Waals surface area contributed by atoms with Gasteiger partial charge in [0.25, 0.3) is 0 Å². The van der Waals surface area contributed by atoms with Gasteiger partial charge in [0.1, 0.15) is 12.4 Å². The number of alkyl halides is 3. The molecule has 0 bridgehead atoms. The summed E-state index contributed by atoms with van der Waals surface area (Å²) in [5.74, 6) is 0.267. The van der Waals surface area contributed by atoms with Gasteiger partial charge in [-0.15, -0.1) is 0 Å². The van der Waals surface area contributed by atoms with E-state index in [1.54, 1.807) is 18.2 Å². The molecule has 19 heavy (non-hydrogen) atoms. The maximum Gasteiger partial charge on any atom is 0.417 e. The highest BCUT2D eigenvalue weighted by Gasteiger charge is 2.38. The zero-order valence-electron chi connectivity index (χ0n) is 10.3. The van der Waals surface area contributed by atoms with E-state index in [-0.39, 0.29) is 5.75 Å². The summed E-state index contributed by atoms with van der Waals surface area (Å²) in [6, 6.07) is 5.08. The number of hydrogen-bond acceptors (Lipinski definition) is 3. The van der Waals surface area contributed by atoms with Gasteiger partial charge in [-0.3, -0.25) is 0 Å². The molecule has 0 amide bonds. The fraction of sp³-hybridized carbons (Fsp3) is 0.500. The van der Waals surface area contributed by atoms with E-state index in [4.69, 9.17) is 9.84 Å². The molecule has 0 aromatic heterocycles. The van der Waals surface area contributed by atoms with Crippen molar-refractivity contribution < 1.29 is 23.0 Å². The number of ether oxygens (including phenoxy) is 1. The highest BCUT2D eigenvalue weighted by atomic mass is 79.9. The lowest BCUT2D eigenvalue weighted by atomic mass is 10.2. The minimum atomic E-state index is -4.67. The lowest BCUT2D eigenvalue weighted by Gasteiger charge is -2.16. The molecule has 0 spiro atoms. The van der Waals surface area contributed by atoms with Crippen LogP contribution in [0, 0.1) is 0 Å². The van der Waals surface area contributed by atoms with Crippen molar-refractivity contribution in [3.8, 4) is 5.75 Å². The number of halogens is 4. The molecule has 108 valence electrons. The Morgan fingerprint density at radius 2 is 2.11 bits per heavy atom. The van der Waals surface area contributed by atoms with E-state index >= 15 is 0 Å². The molecule has 0 radical (unpaired) electrons. The molecular formula is C12H15BrF3NO2. The van der Waals surface area contributed by atoms with Gasteiger partial charge in [-0.2, -0.15) is 13.2 Å². The first kappa shape index (κ1) is 16.3. The highest BCUT2D eigenvalue weighted by molar-refractivity contribution is 9.10. The summed E-state index contributed by atoms with van der Waals surface area (Å²) in [6.07, 6.45) is -7.15. The van der Waals surface area contributed by atoms with Crippen LogP contribution in [-0.2, 0) is 6.54 Å². The fourth-order valence-electron chi connectivity index (χ4n) is 1.30. The first-order valence-electron chi connectivity index (χ1n) is 5.71. The van der Waals surface area contributed by atoms with Crippen molar-refractivity contribution in [2.24, 2.45) is 0 Å². The van der Waals surface area contributed by atoms with E-state index < -0.39 is 18.9 Å². The minimum Gasteiger partial charge on any atom is -0.489 e. The molecular weight excluding hydrogens is 327 g/mol. The summed E-state index contributed by atoms with van der Waals surface area (Å²) in [4.78, 5) is 0. The van der Waals surface area contributed by atoms with Gasteiger partial charge in [0, 0.05) is 6.54 Å². The summed E-state index contributed by atoms with van der Waals surface area (Å²) < 4.78 is 41.8. The van der Waals surface area contributed by atoms with Crippen molar-refractivity contribution in [3.05, 3.63) is 28.2 Å². The number of aliphatic hydroxyl groups excluding tert-OH is 1. The molecule has 0 saturated carbocycles. The van der Waals surface area contributed by atoms with Crippen LogP contribution in [0.15, 0.2) is 22.7 Å². The van der Waals surface area contributed by atoms with Gasteiger partial charge < -0.3 is 15.2 Å². The SMILES string of the molecule is CCNCc1ccc(OCC(O)C(F)(F)F)c(Br)c1. The van der Waals surface area contributed by atoms with Crippen LogP contribution in [0.5, 0.6) is 5.75 Å². The lowest BCUT2D eigenvalue weighted by molar-refractivity contribution is -0.210. The Balaban J connectivity index is 2.60. The van der Waals surface area contributed by atoms with Crippen LogP contribution in [0.25, 0.3) is 0 Å². The second-order valence-corrected chi connectivity index (χ2v) is 4.77. The van der Waals surface area contributed by atoms with E-state index in [9.17, 15) is 13.2 Å². The fourth-order valence-corrected chi connectivity index (χ4v) is 1.84. The van der Waals surface area contributed by atoms with Gasteiger partial charge >= 0.3 is 6.18 Å². The zero-order chi connectivity index (χ0) is 14.5. The van der Waals surface area contributed by atoms with Crippen LogP contribution in [-0.4, -0.2) is 30.5 Å². The van der Waals surface area contributed by atoms with Crippen molar-refractivity contribution in [3.63, 3.8) is 0 Å². The molecule has 1 atom stereocenters. The van der Waals surface area contributed by atoms with E-state index in [1.165, 1.54) is 0 Å². The molecule has 1 rings (SSSR count). The number of rotatable bonds is 6. The molecule has 2 N–H and O–H groups in total. The molecule has 0 aliphatic heterocycles. The van der Waals surface area contributed by atoms with Gasteiger partial charge in [-0.1, -0.05) is 13.0 Å². The topological polar surface area (TPSA) is 41.5 Å². The third kappa shape index (κ3) is 5.38. The molecule has 3 nitrogen and oxygen atoms in total. The number of benzene rings is 1. The number of aliphatic hydroxyl groups is 1. The summed E-state index contributed by atoms with van der Waals surface area (Å²) in [7, 11) is 0. The van der Waals surface area contributed by atoms with Gasteiger partial charge in [0.05, 0.1) is 4.47 Å². The van der Waals surface area contributed by atoms with Gasteiger partial charge in [-0.05, 0) is 40.2 Å². The van der Waals surface area contributed by atoms with Gasteiger partial charge in [0.2, 0.25) is 0 Å². The smallest absolute Gasteiger partial charge is 0.417 e. The first-order chi connectivity index (χ1) is 8.84. The molecule has 0 heterocycles. The summed E-state index contributed by atoms with van der Waals surface area (Å²) >= 11 is 3.22. The monoisotopic (exact) mass is 341 g/mol. The number of nitrogens with one attached hydrogen (secondary N) is 1. The average Bonchev–Trinajstić information content (AvgIpc) is 2.33. The van der Waals surface area contributed by atoms with E-state index in [1.807, 2.05) is 6.92 Å². The standard InChI is InChI=1S/C12H15BrF3NO2/c1-2-17-6-8-3-4-10(9(13)5-8)19-7-11(18)12(14,15)16/h3-5,11,17-18H,2,6-7H2,1H3. The first-order valence-corrected chi connectivity index (χ1v) is 6.50.